The number of carbonyl (C=O) groups is 1. The molecule has 0 aliphatic carbocycles. The van der Waals surface area contributed by atoms with Crippen molar-refractivity contribution in [1.82, 2.24) is 14.9 Å². The zero-order valence-corrected chi connectivity index (χ0v) is 13.8. The predicted molar refractivity (Wildman–Crippen MR) is 88.9 cm³/mol. The highest BCUT2D eigenvalue weighted by Gasteiger charge is 2.19. The average molecular weight is 327 g/mol. The van der Waals surface area contributed by atoms with Gasteiger partial charge in [-0.3, -0.25) is 9.78 Å². The second-order valence-corrected chi connectivity index (χ2v) is 6.21. The van der Waals surface area contributed by atoms with Crippen LogP contribution in [0.5, 0.6) is 0 Å². The van der Waals surface area contributed by atoms with Crippen molar-refractivity contribution in [2.45, 2.75) is 19.4 Å². The van der Waals surface area contributed by atoms with Crippen molar-refractivity contribution in [3.63, 3.8) is 0 Å². The molecule has 1 unspecified atom stereocenters. The average Bonchev–Trinajstić information content (AvgIpc) is 3.25. The Bertz CT molecular complexity index is 768. The topological polar surface area (TPSA) is 59.2 Å². The standard InChI is InChI=1S/C17H17N3O2S/c1-12(13-5-3-7-18-10-13)20(2)16(21)9-14-11-22-17(19-14)15-6-4-8-23-15/h3-8,10-12H,9H2,1-2H3. The van der Waals surface area contributed by atoms with E-state index < -0.39 is 0 Å². The lowest BCUT2D eigenvalue weighted by atomic mass is 10.1. The largest absolute Gasteiger partial charge is 0.444 e. The molecule has 5 nitrogen and oxygen atoms in total. The molecule has 0 aliphatic rings. The molecule has 23 heavy (non-hydrogen) atoms. The normalized spacial score (nSPS) is 12.1. The second-order valence-electron chi connectivity index (χ2n) is 5.27. The summed E-state index contributed by atoms with van der Waals surface area (Å²) in [6.45, 7) is 1.98. The molecular weight excluding hydrogens is 310 g/mol. The number of nitrogens with zero attached hydrogens (tertiary/aromatic N) is 3. The first-order chi connectivity index (χ1) is 11.1. The fourth-order valence-electron chi connectivity index (χ4n) is 2.24. The minimum atomic E-state index is -0.0418. The summed E-state index contributed by atoms with van der Waals surface area (Å²) in [6.07, 6.45) is 5.27. The minimum Gasteiger partial charge on any atom is -0.444 e. The van der Waals surface area contributed by atoms with Crippen LogP contribution in [0.4, 0.5) is 0 Å². The number of likely N-dealkylation sites (N-methyl/N-ethyl adjacent to an activating group) is 1. The summed E-state index contributed by atoms with van der Waals surface area (Å²) >= 11 is 1.56. The number of aromatic nitrogens is 2. The molecule has 3 aromatic rings. The molecule has 3 aromatic heterocycles. The fraction of sp³-hybridized carbons (Fsp3) is 0.235. The molecule has 1 amide bonds. The number of carbonyl (C=O) groups excluding carboxylic acids is 1. The van der Waals surface area contributed by atoms with Gasteiger partial charge < -0.3 is 9.32 Å². The summed E-state index contributed by atoms with van der Waals surface area (Å²) in [5.74, 6) is 0.554. The van der Waals surface area contributed by atoms with Crippen LogP contribution in [0.15, 0.2) is 52.7 Å². The van der Waals surface area contributed by atoms with Crippen LogP contribution in [-0.4, -0.2) is 27.8 Å². The van der Waals surface area contributed by atoms with E-state index in [1.807, 2.05) is 36.6 Å². The van der Waals surface area contributed by atoms with E-state index in [0.29, 0.717) is 11.6 Å². The molecule has 118 valence electrons. The van der Waals surface area contributed by atoms with Crippen molar-refractivity contribution in [1.29, 1.82) is 0 Å². The van der Waals surface area contributed by atoms with Crippen molar-refractivity contribution < 1.29 is 9.21 Å². The molecule has 0 spiro atoms. The summed E-state index contributed by atoms with van der Waals surface area (Å²) in [4.78, 5) is 23.6. The number of hydrogen-bond donors (Lipinski definition) is 0. The first kappa shape index (κ1) is 15.4. The third-order valence-electron chi connectivity index (χ3n) is 3.76. The van der Waals surface area contributed by atoms with Crippen molar-refractivity contribution in [2.24, 2.45) is 0 Å². The Labute approximate surface area is 138 Å². The molecule has 3 rings (SSSR count). The Morgan fingerprint density at radius 1 is 1.39 bits per heavy atom. The SMILES string of the molecule is CC(c1cccnc1)N(C)C(=O)Cc1coc(-c2cccs2)n1. The third-order valence-corrected chi connectivity index (χ3v) is 4.62. The van der Waals surface area contributed by atoms with Gasteiger partial charge in [-0.05, 0) is 30.0 Å². The fourth-order valence-corrected chi connectivity index (χ4v) is 2.90. The molecule has 0 saturated heterocycles. The molecule has 0 N–H and O–H groups in total. The zero-order chi connectivity index (χ0) is 16.2. The van der Waals surface area contributed by atoms with E-state index in [9.17, 15) is 4.79 Å². The van der Waals surface area contributed by atoms with Crippen LogP contribution in [0, 0.1) is 0 Å². The van der Waals surface area contributed by atoms with Gasteiger partial charge in [-0.1, -0.05) is 12.1 Å². The van der Waals surface area contributed by atoms with Gasteiger partial charge in [-0.2, -0.15) is 0 Å². The Kier molecular flexibility index (Phi) is 4.52. The summed E-state index contributed by atoms with van der Waals surface area (Å²) < 4.78 is 5.45. The van der Waals surface area contributed by atoms with E-state index in [-0.39, 0.29) is 18.4 Å². The molecule has 0 aliphatic heterocycles. The lowest BCUT2D eigenvalue weighted by Crippen LogP contribution is -2.31. The highest BCUT2D eigenvalue weighted by atomic mass is 32.1. The van der Waals surface area contributed by atoms with Crippen LogP contribution in [0.1, 0.15) is 24.2 Å². The maximum Gasteiger partial charge on any atom is 0.236 e. The lowest BCUT2D eigenvalue weighted by molar-refractivity contribution is -0.131. The smallest absolute Gasteiger partial charge is 0.236 e. The van der Waals surface area contributed by atoms with Crippen LogP contribution in [0.25, 0.3) is 10.8 Å². The van der Waals surface area contributed by atoms with Gasteiger partial charge in [0, 0.05) is 19.4 Å². The second kappa shape index (κ2) is 6.75. The van der Waals surface area contributed by atoms with Crippen LogP contribution in [0.2, 0.25) is 0 Å². The lowest BCUT2D eigenvalue weighted by Gasteiger charge is -2.24. The van der Waals surface area contributed by atoms with Crippen molar-refractivity contribution >= 4 is 17.2 Å². The van der Waals surface area contributed by atoms with Gasteiger partial charge in [0.2, 0.25) is 11.8 Å². The number of amides is 1. The highest BCUT2D eigenvalue weighted by Crippen LogP contribution is 2.24. The van der Waals surface area contributed by atoms with Crippen molar-refractivity contribution in [3.05, 3.63) is 59.6 Å². The van der Waals surface area contributed by atoms with Crippen molar-refractivity contribution in [3.8, 4) is 10.8 Å². The molecule has 0 radical (unpaired) electrons. The van der Waals surface area contributed by atoms with E-state index in [1.54, 1.807) is 41.9 Å². The monoisotopic (exact) mass is 327 g/mol. The molecule has 0 bridgehead atoms. The molecule has 0 fully saturated rings. The Morgan fingerprint density at radius 2 is 2.26 bits per heavy atom. The minimum absolute atomic E-state index is 0.00705. The molecular formula is C17H17N3O2S. The van der Waals surface area contributed by atoms with Gasteiger partial charge in [-0.15, -0.1) is 11.3 Å². The van der Waals surface area contributed by atoms with Gasteiger partial charge in [0.15, 0.2) is 0 Å². The number of hydrogen-bond acceptors (Lipinski definition) is 5. The van der Waals surface area contributed by atoms with E-state index >= 15 is 0 Å². The number of oxazole rings is 1. The zero-order valence-electron chi connectivity index (χ0n) is 13.0. The predicted octanol–water partition coefficient (Wildman–Crippen LogP) is 3.56. The van der Waals surface area contributed by atoms with Gasteiger partial charge in [-0.25, -0.2) is 4.98 Å². The first-order valence-corrected chi connectivity index (χ1v) is 8.17. The van der Waals surface area contributed by atoms with Crippen LogP contribution in [-0.2, 0) is 11.2 Å². The van der Waals surface area contributed by atoms with Gasteiger partial charge in [0.25, 0.3) is 0 Å². The van der Waals surface area contributed by atoms with E-state index in [0.717, 1.165) is 10.4 Å². The summed E-state index contributed by atoms with van der Waals surface area (Å²) in [7, 11) is 1.79. The molecule has 0 saturated carbocycles. The Hall–Kier alpha value is -2.47. The Morgan fingerprint density at radius 3 is 2.96 bits per heavy atom. The number of thiophene rings is 1. The number of rotatable bonds is 5. The van der Waals surface area contributed by atoms with Gasteiger partial charge in [0.1, 0.15) is 6.26 Å². The third kappa shape index (κ3) is 3.48. The molecule has 0 aromatic carbocycles. The van der Waals surface area contributed by atoms with E-state index in [1.165, 1.54) is 0 Å². The summed E-state index contributed by atoms with van der Waals surface area (Å²) in [6, 6.07) is 7.68. The first-order valence-electron chi connectivity index (χ1n) is 7.29. The summed E-state index contributed by atoms with van der Waals surface area (Å²) in [5.41, 5.74) is 1.64. The van der Waals surface area contributed by atoms with Gasteiger partial charge >= 0.3 is 0 Å². The Balaban J connectivity index is 1.67. The maximum absolute atomic E-state index is 12.4. The quantitative estimate of drug-likeness (QED) is 0.719. The maximum atomic E-state index is 12.4. The van der Waals surface area contributed by atoms with E-state index in [2.05, 4.69) is 9.97 Å². The van der Waals surface area contributed by atoms with Crippen LogP contribution < -0.4 is 0 Å². The van der Waals surface area contributed by atoms with E-state index in [4.69, 9.17) is 4.42 Å². The highest BCUT2D eigenvalue weighted by molar-refractivity contribution is 7.13. The van der Waals surface area contributed by atoms with Crippen LogP contribution in [0.3, 0.4) is 0 Å². The molecule has 6 heteroatoms. The molecule has 3 heterocycles. The summed E-state index contributed by atoms with van der Waals surface area (Å²) in [5, 5.41) is 1.97. The number of pyridine rings is 1. The van der Waals surface area contributed by atoms with Crippen molar-refractivity contribution in [2.75, 3.05) is 7.05 Å². The van der Waals surface area contributed by atoms with Gasteiger partial charge in [0.05, 0.1) is 23.0 Å². The molecule has 1 atom stereocenters. The van der Waals surface area contributed by atoms with Crippen LogP contribution >= 0.6 is 11.3 Å².